The number of likely N-dealkylation sites (tertiary alicyclic amines) is 1. The van der Waals surface area contributed by atoms with E-state index in [-0.39, 0.29) is 29.7 Å². The van der Waals surface area contributed by atoms with Crippen molar-refractivity contribution in [2.45, 2.75) is 59.6 Å². The Morgan fingerprint density at radius 1 is 1.09 bits per heavy atom. The molecule has 1 fully saturated rings. The van der Waals surface area contributed by atoms with Gasteiger partial charge in [0.05, 0.1) is 29.7 Å². The lowest BCUT2D eigenvalue weighted by Gasteiger charge is -2.23. The van der Waals surface area contributed by atoms with E-state index in [0.717, 1.165) is 4.90 Å². The van der Waals surface area contributed by atoms with E-state index in [1.807, 2.05) is 12.2 Å². The van der Waals surface area contributed by atoms with Crippen LogP contribution in [0.4, 0.5) is 0 Å². The number of hydrogen-bond acceptors (Lipinski definition) is 7. The van der Waals surface area contributed by atoms with Crippen LogP contribution in [0.1, 0.15) is 65.7 Å². The summed E-state index contributed by atoms with van der Waals surface area (Å²) in [5, 5.41) is 0. The number of esters is 2. The normalized spacial score (nSPS) is 21.8. The standard InChI is InChI=1S/C23H28N2O7/c1-6-31-23(30)17-11(2)18(24-12(17)3)19(26)14(5)32-22(29)13(4)25-20(27)15-9-7-8-10-16(15)21(25)28/h7-8,13-16,24H,6,9-10H2,1-5H3/t13-,14-,15-,16+/m0/s1. The molecule has 0 saturated carbocycles. The molecule has 2 aliphatic rings. The molecule has 1 N–H and O–H groups in total. The van der Waals surface area contributed by atoms with E-state index in [1.165, 1.54) is 13.8 Å². The lowest BCUT2D eigenvalue weighted by Crippen LogP contribution is -2.45. The Kier molecular flexibility index (Phi) is 6.66. The summed E-state index contributed by atoms with van der Waals surface area (Å²) in [6.07, 6.45) is 3.48. The molecule has 1 saturated heterocycles. The topological polar surface area (TPSA) is 123 Å². The van der Waals surface area contributed by atoms with Crippen LogP contribution in [0.3, 0.4) is 0 Å². The minimum Gasteiger partial charge on any atom is -0.462 e. The number of hydrogen-bond donors (Lipinski definition) is 1. The number of ether oxygens (including phenoxy) is 2. The highest BCUT2D eigenvalue weighted by molar-refractivity contribution is 6.08. The van der Waals surface area contributed by atoms with E-state index in [2.05, 4.69) is 4.98 Å². The van der Waals surface area contributed by atoms with Gasteiger partial charge in [-0.1, -0.05) is 12.2 Å². The summed E-state index contributed by atoms with van der Waals surface area (Å²) in [6.45, 7) is 7.97. The third-order valence-electron chi connectivity index (χ3n) is 6.10. The fraction of sp³-hybridized carbons (Fsp3) is 0.522. The molecular formula is C23H28N2O7. The van der Waals surface area contributed by atoms with Gasteiger partial charge in [0.15, 0.2) is 6.10 Å². The number of nitrogens with one attached hydrogen (secondary N) is 1. The van der Waals surface area contributed by atoms with Crippen molar-refractivity contribution in [2.24, 2.45) is 11.8 Å². The van der Waals surface area contributed by atoms with Crippen molar-refractivity contribution in [1.82, 2.24) is 9.88 Å². The van der Waals surface area contributed by atoms with Crippen LogP contribution < -0.4 is 0 Å². The van der Waals surface area contributed by atoms with Crippen molar-refractivity contribution < 1.29 is 33.4 Å². The highest BCUT2D eigenvalue weighted by Gasteiger charge is 2.50. The van der Waals surface area contributed by atoms with E-state index in [1.54, 1.807) is 20.8 Å². The number of amides is 2. The summed E-state index contributed by atoms with van der Waals surface area (Å²) in [6, 6.07) is -1.14. The molecule has 0 unspecified atom stereocenters. The van der Waals surface area contributed by atoms with Crippen LogP contribution >= 0.6 is 0 Å². The van der Waals surface area contributed by atoms with Gasteiger partial charge >= 0.3 is 11.9 Å². The van der Waals surface area contributed by atoms with Crippen molar-refractivity contribution >= 4 is 29.5 Å². The van der Waals surface area contributed by atoms with Crippen LogP contribution in [0.5, 0.6) is 0 Å². The molecule has 1 aliphatic heterocycles. The number of aromatic nitrogens is 1. The molecule has 9 heteroatoms. The second kappa shape index (κ2) is 9.10. The van der Waals surface area contributed by atoms with E-state index < -0.39 is 41.7 Å². The van der Waals surface area contributed by atoms with Crippen LogP contribution in [-0.2, 0) is 23.9 Å². The molecule has 1 aliphatic carbocycles. The maximum Gasteiger partial charge on any atom is 0.340 e. The minimum absolute atomic E-state index is 0.143. The van der Waals surface area contributed by atoms with Gasteiger partial charge in [-0.05, 0) is 53.0 Å². The second-order valence-corrected chi connectivity index (χ2v) is 8.17. The van der Waals surface area contributed by atoms with Gasteiger partial charge in [-0.25, -0.2) is 9.59 Å². The third-order valence-corrected chi connectivity index (χ3v) is 6.10. The quantitative estimate of drug-likeness (QED) is 0.296. The van der Waals surface area contributed by atoms with Crippen LogP contribution in [0.2, 0.25) is 0 Å². The molecule has 32 heavy (non-hydrogen) atoms. The maximum atomic E-state index is 12.9. The number of nitrogens with zero attached hydrogens (tertiary/aromatic N) is 1. The molecule has 2 amide bonds. The zero-order chi connectivity index (χ0) is 23.7. The van der Waals surface area contributed by atoms with Crippen molar-refractivity contribution in [3.8, 4) is 0 Å². The molecule has 0 radical (unpaired) electrons. The number of aromatic amines is 1. The molecule has 0 spiro atoms. The Morgan fingerprint density at radius 2 is 1.66 bits per heavy atom. The lowest BCUT2D eigenvalue weighted by molar-refractivity contribution is -0.159. The number of allylic oxidation sites excluding steroid dienone is 2. The third kappa shape index (κ3) is 3.99. The monoisotopic (exact) mass is 444 g/mol. The fourth-order valence-electron chi connectivity index (χ4n) is 4.35. The van der Waals surface area contributed by atoms with Crippen LogP contribution in [-0.4, -0.2) is 58.2 Å². The van der Waals surface area contributed by atoms with E-state index in [9.17, 15) is 24.0 Å². The van der Waals surface area contributed by atoms with Gasteiger partial charge in [-0.15, -0.1) is 0 Å². The first kappa shape index (κ1) is 23.4. The molecule has 1 aromatic rings. The lowest BCUT2D eigenvalue weighted by atomic mass is 9.85. The average Bonchev–Trinajstić information content (AvgIpc) is 3.19. The molecule has 9 nitrogen and oxygen atoms in total. The van der Waals surface area contributed by atoms with Crippen LogP contribution in [0.25, 0.3) is 0 Å². The molecule has 4 atom stereocenters. The highest BCUT2D eigenvalue weighted by Crippen LogP contribution is 2.36. The van der Waals surface area contributed by atoms with Crippen molar-refractivity contribution in [2.75, 3.05) is 6.61 Å². The predicted octanol–water partition coefficient (Wildman–Crippen LogP) is 2.26. The van der Waals surface area contributed by atoms with Crippen molar-refractivity contribution in [3.05, 3.63) is 34.7 Å². The van der Waals surface area contributed by atoms with Gasteiger partial charge < -0.3 is 14.5 Å². The summed E-state index contributed by atoms with van der Waals surface area (Å²) in [5.41, 5.74) is 1.29. The molecule has 1 aromatic heterocycles. The molecule has 0 bridgehead atoms. The maximum absolute atomic E-state index is 12.9. The van der Waals surface area contributed by atoms with Crippen LogP contribution in [0.15, 0.2) is 12.2 Å². The largest absolute Gasteiger partial charge is 0.462 e. The summed E-state index contributed by atoms with van der Waals surface area (Å²) in [7, 11) is 0. The summed E-state index contributed by atoms with van der Waals surface area (Å²) < 4.78 is 10.3. The highest BCUT2D eigenvalue weighted by atomic mass is 16.5. The Labute approximate surface area is 186 Å². The number of carbonyl (C=O) groups is 5. The smallest absolute Gasteiger partial charge is 0.340 e. The first-order chi connectivity index (χ1) is 15.1. The number of ketones is 1. The van der Waals surface area contributed by atoms with E-state index in [4.69, 9.17) is 9.47 Å². The zero-order valence-corrected chi connectivity index (χ0v) is 18.9. The van der Waals surface area contributed by atoms with Gasteiger partial charge in [0.25, 0.3) is 0 Å². The number of carbonyl (C=O) groups excluding carboxylic acids is 5. The number of H-pyrrole nitrogens is 1. The Morgan fingerprint density at radius 3 is 2.19 bits per heavy atom. The van der Waals surface area contributed by atoms with Gasteiger partial charge in [0.2, 0.25) is 17.6 Å². The van der Waals surface area contributed by atoms with Gasteiger partial charge in [-0.2, -0.15) is 0 Å². The Balaban J connectivity index is 1.71. The second-order valence-electron chi connectivity index (χ2n) is 8.17. The van der Waals surface area contributed by atoms with Crippen LogP contribution in [0, 0.1) is 25.7 Å². The average molecular weight is 444 g/mol. The SMILES string of the molecule is CCOC(=O)c1c(C)[nH]c(C(=O)[C@H](C)OC(=O)[C@H](C)N2C(=O)[C@H]3CC=CC[C@H]3C2=O)c1C. The van der Waals surface area contributed by atoms with E-state index in [0.29, 0.717) is 24.1 Å². The fourth-order valence-corrected chi connectivity index (χ4v) is 4.35. The zero-order valence-electron chi connectivity index (χ0n) is 18.9. The number of imide groups is 1. The number of rotatable bonds is 7. The molecule has 3 rings (SSSR count). The van der Waals surface area contributed by atoms with E-state index >= 15 is 0 Å². The minimum atomic E-state index is -1.19. The summed E-state index contributed by atoms with van der Waals surface area (Å²) >= 11 is 0. The summed E-state index contributed by atoms with van der Waals surface area (Å²) in [4.78, 5) is 67.0. The molecular weight excluding hydrogens is 416 g/mol. The van der Waals surface area contributed by atoms with Gasteiger partial charge in [0, 0.05) is 5.69 Å². The van der Waals surface area contributed by atoms with Crippen molar-refractivity contribution in [1.29, 1.82) is 0 Å². The molecule has 0 aromatic carbocycles. The van der Waals surface area contributed by atoms with Crippen molar-refractivity contribution in [3.63, 3.8) is 0 Å². The summed E-state index contributed by atoms with van der Waals surface area (Å²) in [5.74, 6) is -3.59. The Bertz CT molecular complexity index is 980. The van der Waals surface area contributed by atoms with Gasteiger partial charge in [-0.3, -0.25) is 19.3 Å². The molecule has 2 heterocycles. The number of Topliss-reactive ketones (excluding diaryl/α,β-unsaturated/α-hetero) is 1. The van der Waals surface area contributed by atoms with Gasteiger partial charge in [0.1, 0.15) is 6.04 Å². The predicted molar refractivity (Wildman–Crippen MR) is 113 cm³/mol. The molecule has 172 valence electrons. The number of aryl methyl sites for hydroxylation is 1. The first-order valence-electron chi connectivity index (χ1n) is 10.7. The Hall–Kier alpha value is -3.23. The number of fused-ring (bicyclic) bond motifs is 1. The first-order valence-corrected chi connectivity index (χ1v) is 10.7.